The van der Waals surface area contributed by atoms with Crippen LogP contribution in [-0.4, -0.2) is 0 Å². The number of rotatable bonds is 0. The van der Waals surface area contributed by atoms with E-state index < -0.39 is 0 Å². The van der Waals surface area contributed by atoms with E-state index in [9.17, 15) is 0 Å². The average Bonchev–Trinajstić information content (AvgIpc) is 3.64. The molecule has 0 atom stereocenters. The van der Waals surface area contributed by atoms with Gasteiger partial charge in [-0.1, -0.05) is 127 Å². The van der Waals surface area contributed by atoms with Crippen molar-refractivity contribution in [3.8, 4) is 0 Å². The van der Waals surface area contributed by atoms with Crippen LogP contribution in [0.25, 0.3) is 88.9 Å². The highest BCUT2D eigenvalue weighted by atomic mass is 14.2. The van der Waals surface area contributed by atoms with Crippen LogP contribution >= 0.6 is 0 Å². The molecule has 0 amide bonds. The number of hydrogen-bond donors (Lipinski definition) is 0. The van der Waals surface area contributed by atoms with Crippen molar-refractivity contribution in [1.82, 2.24) is 0 Å². The molecule has 0 unspecified atom stereocenters. The molecule has 8 aromatic rings. The van der Waals surface area contributed by atoms with Crippen molar-refractivity contribution >= 4 is 88.9 Å². The van der Waals surface area contributed by atoms with Crippen molar-refractivity contribution < 1.29 is 0 Å². The minimum atomic E-state index is 1.31. The van der Waals surface area contributed by atoms with Gasteiger partial charge < -0.3 is 0 Å². The lowest BCUT2D eigenvalue weighted by molar-refractivity contribution is 1.75. The third-order valence-electron chi connectivity index (χ3n) is 8.76. The van der Waals surface area contributed by atoms with Gasteiger partial charge in [-0.05, 0) is 105 Å². The summed E-state index contributed by atoms with van der Waals surface area (Å²) in [7, 11) is 0. The standard InChI is InChI=1S/2C20H12/c1-4-8-17-13(5-1)11-15-9-10-18-16-7-3-2-6-14(16)12-19(17)20(15)18;1-2-7-16-13(4-1)8-10-17-18-11-9-14-5-3-6-15(20(14)18)12-19(16)17/h2*1-12H. The molecule has 0 fully saturated rings. The smallest absolute Gasteiger partial charge is 0.00259 e. The molecular weight excluding hydrogens is 480 g/mol. The van der Waals surface area contributed by atoms with E-state index >= 15 is 0 Å². The molecule has 2 aliphatic carbocycles. The highest BCUT2D eigenvalue weighted by Crippen LogP contribution is 2.41. The predicted octanol–water partition coefficient (Wildman–Crippen LogP) is 11.3. The first-order chi connectivity index (χ1) is 19.8. The van der Waals surface area contributed by atoms with E-state index in [-0.39, 0.29) is 0 Å². The molecule has 0 spiro atoms. The molecule has 0 aromatic heterocycles. The second-order valence-corrected chi connectivity index (χ2v) is 10.9. The van der Waals surface area contributed by atoms with Gasteiger partial charge in [-0.15, -0.1) is 0 Å². The minimum absolute atomic E-state index is 1.31. The van der Waals surface area contributed by atoms with Gasteiger partial charge in [0, 0.05) is 0 Å². The molecule has 10 rings (SSSR count). The third-order valence-corrected chi connectivity index (χ3v) is 8.76. The zero-order chi connectivity index (χ0) is 26.2. The number of benzene rings is 8. The first-order valence-corrected chi connectivity index (χ1v) is 13.9. The van der Waals surface area contributed by atoms with Crippen molar-refractivity contribution in [1.29, 1.82) is 0 Å². The molecule has 40 heavy (non-hydrogen) atoms. The predicted molar refractivity (Wildman–Crippen MR) is 176 cm³/mol. The lowest BCUT2D eigenvalue weighted by Crippen LogP contribution is -1.84. The largest absolute Gasteiger partial charge is 0.0616 e. The molecule has 0 nitrogen and oxygen atoms in total. The van der Waals surface area contributed by atoms with Crippen LogP contribution in [0.3, 0.4) is 0 Å². The van der Waals surface area contributed by atoms with Crippen LogP contribution in [0.1, 0.15) is 22.3 Å². The maximum atomic E-state index is 2.34. The van der Waals surface area contributed by atoms with Gasteiger partial charge in [0.25, 0.3) is 0 Å². The Bertz CT molecular complexity index is 2420. The zero-order valence-electron chi connectivity index (χ0n) is 21.9. The van der Waals surface area contributed by atoms with E-state index in [0.29, 0.717) is 0 Å². The molecule has 0 saturated heterocycles. The third kappa shape index (κ3) is 3.02. The summed E-state index contributed by atoms with van der Waals surface area (Å²) in [4.78, 5) is 0. The summed E-state index contributed by atoms with van der Waals surface area (Å²) in [6.07, 6.45) is 9.00. The van der Waals surface area contributed by atoms with Crippen LogP contribution in [0.15, 0.2) is 121 Å². The van der Waals surface area contributed by atoms with Crippen LogP contribution in [0.2, 0.25) is 0 Å². The molecule has 0 bridgehead atoms. The van der Waals surface area contributed by atoms with Crippen LogP contribution < -0.4 is 0 Å². The first-order valence-electron chi connectivity index (χ1n) is 13.9. The maximum Gasteiger partial charge on any atom is -0.00259 e. The van der Waals surface area contributed by atoms with Gasteiger partial charge in [0.1, 0.15) is 0 Å². The lowest BCUT2D eigenvalue weighted by Gasteiger charge is -2.10. The Morgan fingerprint density at radius 1 is 0.275 bits per heavy atom. The Hall–Kier alpha value is -5.20. The molecule has 0 heteroatoms. The Kier molecular flexibility index (Phi) is 4.42. The molecule has 184 valence electrons. The molecular formula is C40H24. The molecule has 0 radical (unpaired) electrons. The Balaban J connectivity index is 0.000000115. The fourth-order valence-corrected chi connectivity index (χ4v) is 6.97. The Morgan fingerprint density at radius 3 is 1.70 bits per heavy atom. The second-order valence-electron chi connectivity index (χ2n) is 10.9. The molecule has 2 aliphatic rings. The van der Waals surface area contributed by atoms with Gasteiger partial charge in [-0.3, -0.25) is 0 Å². The average molecular weight is 505 g/mol. The van der Waals surface area contributed by atoms with Crippen molar-refractivity contribution in [2.24, 2.45) is 0 Å². The van der Waals surface area contributed by atoms with Crippen LogP contribution in [0, 0.1) is 0 Å². The molecule has 8 aromatic carbocycles. The van der Waals surface area contributed by atoms with E-state index in [2.05, 4.69) is 146 Å². The summed E-state index contributed by atoms with van der Waals surface area (Å²) in [5.41, 5.74) is 5.43. The van der Waals surface area contributed by atoms with Crippen molar-refractivity contribution in [3.05, 3.63) is 144 Å². The number of fused-ring (bicyclic) bond motifs is 8. The Morgan fingerprint density at radius 2 is 0.875 bits per heavy atom. The normalized spacial score (nSPS) is 12.8. The lowest BCUT2D eigenvalue weighted by atomic mass is 9.93. The van der Waals surface area contributed by atoms with Gasteiger partial charge in [0.15, 0.2) is 0 Å². The monoisotopic (exact) mass is 504 g/mol. The maximum absolute atomic E-state index is 2.34. The van der Waals surface area contributed by atoms with E-state index in [0.717, 1.165) is 0 Å². The zero-order valence-corrected chi connectivity index (χ0v) is 21.9. The summed E-state index contributed by atoms with van der Waals surface area (Å²) in [5, 5.41) is 16.2. The summed E-state index contributed by atoms with van der Waals surface area (Å²) in [6.45, 7) is 0. The summed E-state index contributed by atoms with van der Waals surface area (Å²) < 4.78 is 0. The van der Waals surface area contributed by atoms with Crippen LogP contribution in [0.4, 0.5) is 0 Å². The van der Waals surface area contributed by atoms with Crippen molar-refractivity contribution in [2.45, 2.75) is 0 Å². The number of hydrogen-bond acceptors (Lipinski definition) is 0. The van der Waals surface area contributed by atoms with Gasteiger partial charge in [-0.25, -0.2) is 0 Å². The van der Waals surface area contributed by atoms with Crippen molar-refractivity contribution in [3.63, 3.8) is 0 Å². The van der Waals surface area contributed by atoms with E-state index in [1.165, 1.54) is 86.9 Å². The first kappa shape index (κ1) is 21.7. The summed E-state index contributed by atoms with van der Waals surface area (Å²) >= 11 is 0. The fourth-order valence-electron chi connectivity index (χ4n) is 6.97. The minimum Gasteiger partial charge on any atom is -0.0616 e. The van der Waals surface area contributed by atoms with Crippen molar-refractivity contribution in [2.75, 3.05) is 0 Å². The second kappa shape index (κ2) is 8.15. The van der Waals surface area contributed by atoms with E-state index in [1.54, 1.807) is 0 Å². The van der Waals surface area contributed by atoms with Gasteiger partial charge >= 0.3 is 0 Å². The highest BCUT2D eigenvalue weighted by Gasteiger charge is 2.16. The molecule has 0 N–H and O–H groups in total. The highest BCUT2D eigenvalue weighted by molar-refractivity contribution is 6.23. The van der Waals surface area contributed by atoms with Gasteiger partial charge in [0.05, 0.1) is 0 Å². The van der Waals surface area contributed by atoms with Crippen LogP contribution in [0.5, 0.6) is 0 Å². The SMILES string of the molecule is C1=Cc2c3ccc4ccccc4c3cc3cccc1c23.C1=Cc2c3ccccc3cc3c2c1cc1ccccc13. The molecule has 0 aliphatic heterocycles. The fraction of sp³-hybridized carbons (Fsp3) is 0. The molecule has 0 heterocycles. The van der Waals surface area contributed by atoms with E-state index in [1.807, 2.05) is 0 Å². The quantitative estimate of drug-likeness (QED) is 0.142. The van der Waals surface area contributed by atoms with Gasteiger partial charge in [0.2, 0.25) is 0 Å². The topological polar surface area (TPSA) is 0 Å². The summed E-state index contributed by atoms with van der Waals surface area (Å²) in [6, 6.07) is 44.0. The van der Waals surface area contributed by atoms with Gasteiger partial charge in [-0.2, -0.15) is 0 Å². The summed E-state index contributed by atoms with van der Waals surface area (Å²) in [5.74, 6) is 0. The molecule has 0 saturated carbocycles. The Labute approximate surface area is 232 Å². The van der Waals surface area contributed by atoms with E-state index in [4.69, 9.17) is 0 Å². The van der Waals surface area contributed by atoms with Crippen LogP contribution in [-0.2, 0) is 0 Å².